The highest BCUT2D eigenvalue weighted by molar-refractivity contribution is 5.95. The zero-order chi connectivity index (χ0) is 20.1. The first kappa shape index (κ1) is 20.5. The van der Waals surface area contributed by atoms with Crippen molar-refractivity contribution in [3.8, 4) is 0 Å². The Bertz CT molecular complexity index is 688. The van der Waals surface area contributed by atoms with E-state index in [0.29, 0.717) is 50.1 Å². The number of nitrogens with zero attached hydrogens (tertiary/aromatic N) is 4. The van der Waals surface area contributed by atoms with Crippen LogP contribution in [-0.2, 0) is 4.74 Å². The van der Waals surface area contributed by atoms with Gasteiger partial charge < -0.3 is 24.8 Å². The number of nitrogens with one attached hydrogen (secondary N) is 1. The number of anilines is 1. The summed E-state index contributed by atoms with van der Waals surface area (Å²) in [5.41, 5.74) is 0.954. The van der Waals surface area contributed by atoms with Crippen LogP contribution in [0.25, 0.3) is 0 Å². The molecule has 154 valence electrons. The number of morpholine rings is 1. The molecule has 2 saturated heterocycles. The quantitative estimate of drug-likeness (QED) is 0.849. The van der Waals surface area contributed by atoms with Crippen molar-refractivity contribution in [1.82, 2.24) is 19.7 Å². The van der Waals surface area contributed by atoms with Gasteiger partial charge in [0.05, 0.1) is 19.3 Å². The molecule has 1 N–H and O–H groups in total. The van der Waals surface area contributed by atoms with E-state index in [2.05, 4.69) is 36.1 Å². The van der Waals surface area contributed by atoms with Crippen LogP contribution in [0, 0.1) is 5.92 Å². The number of pyridine rings is 1. The number of piperazine rings is 1. The molecule has 0 aromatic carbocycles. The van der Waals surface area contributed by atoms with Crippen LogP contribution in [0.15, 0.2) is 18.3 Å². The molecule has 0 unspecified atom stereocenters. The van der Waals surface area contributed by atoms with Crippen molar-refractivity contribution >= 4 is 17.6 Å². The van der Waals surface area contributed by atoms with Gasteiger partial charge in [0.1, 0.15) is 5.69 Å². The molecule has 0 aliphatic carbocycles. The second-order valence-electron chi connectivity index (χ2n) is 8.01. The first-order valence-electron chi connectivity index (χ1n) is 10.0. The fourth-order valence-corrected chi connectivity index (χ4v) is 3.65. The molecule has 1 aromatic rings. The van der Waals surface area contributed by atoms with Crippen molar-refractivity contribution in [2.24, 2.45) is 5.92 Å². The number of amides is 3. The lowest BCUT2D eigenvalue weighted by Crippen LogP contribution is -2.50. The summed E-state index contributed by atoms with van der Waals surface area (Å²) in [6.45, 7) is 9.07. The minimum atomic E-state index is -0.154. The molecular weight excluding hydrogens is 358 g/mol. The average Bonchev–Trinajstić information content (AvgIpc) is 2.68. The highest BCUT2D eigenvalue weighted by Gasteiger charge is 2.28. The molecule has 2 fully saturated rings. The Morgan fingerprint density at radius 1 is 1.25 bits per heavy atom. The van der Waals surface area contributed by atoms with Gasteiger partial charge in [-0.1, -0.05) is 13.8 Å². The van der Waals surface area contributed by atoms with Crippen molar-refractivity contribution in [2.45, 2.75) is 26.3 Å². The van der Waals surface area contributed by atoms with E-state index >= 15 is 0 Å². The summed E-state index contributed by atoms with van der Waals surface area (Å²) >= 11 is 0. The van der Waals surface area contributed by atoms with Crippen LogP contribution in [0.4, 0.5) is 10.5 Å². The highest BCUT2D eigenvalue weighted by Crippen LogP contribution is 2.18. The van der Waals surface area contributed by atoms with Crippen LogP contribution >= 0.6 is 0 Å². The number of rotatable bonds is 4. The SMILES string of the molecule is CC(C)C[C@H]1COCCN1C(=O)Nc1ccnc(C(=O)N2CCN(C)CC2)c1. The predicted molar refractivity (Wildman–Crippen MR) is 107 cm³/mol. The second kappa shape index (κ2) is 9.34. The molecule has 0 radical (unpaired) electrons. The van der Waals surface area contributed by atoms with Crippen molar-refractivity contribution in [3.63, 3.8) is 0 Å². The monoisotopic (exact) mass is 389 g/mol. The van der Waals surface area contributed by atoms with Crippen LogP contribution in [0.2, 0.25) is 0 Å². The average molecular weight is 390 g/mol. The van der Waals surface area contributed by atoms with Crippen LogP contribution < -0.4 is 5.32 Å². The third-order valence-corrected chi connectivity index (χ3v) is 5.25. The zero-order valence-electron chi connectivity index (χ0n) is 17.1. The number of urea groups is 1. The summed E-state index contributed by atoms with van der Waals surface area (Å²) in [7, 11) is 2.05. The smallest absolute Gasteiger partial charge is 0.322 e. The van der Waals surface area contributed by atoms with Gasteiger partial charge >= 0.3 is 6.03 Å². The maximum Gasteiger partial charge on any atom is 0.322 e. The van der Waals surface area contributed by atoms with Gasteiger partial charge in [-0.2, -0.15) is 0 Å². The lowest BCUT2D eigenvalue weighted by molar-refractivity contribution is 0.00857. The van der Waals surface area contributed by atoms with Crippen molar-refractivity contribution in [3.05, 3.63) is 24.0 Å². The fraction of sp³-hybridized carbons (Fsp3) is 0.650. The van der Waals surface area contributed by atoms with E-state index in [0.717, 1.165) is 19.5 Å². The molecule has 3 amide bonds. The number of carbonyl (C=O) groups excluding carboxylic acids is 2. The minimum absolute atomic E-state index is 0.0713. The lowest BCUT2D eigenvalue weighted by Gasteiger charge is -2.36. The van der Waals surface area contributed by atoms with E-state index < -0.39 is 0 Å². The van der Waals surface area contributed by atoms with E-state index in [1.165, 1.54) is 0 Å². The molecule has 0 saturated carbocycles. The number of hydrogen-bond donors (Lipinski definition) is 1. The molecule has 3 heterocycles. The Hall–Kier alpha value is -2.19. The third kappa shape index (κ3) is 5.20. The molecule has 8 heteroatoms. The van der Waals surface area contributed by atoms with E-state index in [1.54, 1.807) is 18.3 Å². The van der Waals surface area contributed by atoms with Crippen LogP contribution in [-0.4, -0.2) is 90.6 Å². The van der Waals surface area contributed by atoms with Crippen molar-refractivity contribution in [1.29, 1.82) is 0 Å². The Morgan fingerprint density at radius 2 is 2.00 bits per heavy atom. The molecule has 2 aliphatic heterocycles. The number of hydrogen-bond acceptors (Lipinski definition) is 5. The molecule has 1 aromatic heterocycles. The predicted octanol–water partition coefficient (Wildman–Crippen LogP) is 1.75. The zero-order valence-corrected chi connectivity index (χ0v) is 17.1. The van der Waals surface area contributed by atoms with Gasteiger partial charge in [0.15, 0.2) is 0 Å². The summed E-state index contributed by atoms with van der Waals surface area (Å²) in [5.74, 6) is 0.393. The largest absolute Gasteiger partial charge is 0.377 e. The molecule has 0 spiro atoms. The summed E-state index contributed by atoms with van der Waals surface area (Å²) in [6.07, 6.45) is 2.47. The van der Waals surface area contributed by atoms with E-state index in [-0.39, 0.29) is 18.0 Å². The number of aromatic nitrogens is 1. The fourth-order valence-electron chi connectivity index (χ4n) is 3.65. The van der Waals surface area contributed by atoms with Crippen molar-refractivity contribution < 1.29 is 14.3 Å². The number of carbonyl (C=O) groups is 2. The Morgan fingerprint density at radius 3 is 2.71 bits per heavy atom. The minimum Gasteiger partial charge on any atom is -0.377 e. The first-order chi connectivity index (χ1) is 13.4. The Labute approximate surface area is 166 Å². The molecule has 8 nitrogen and oxygen atoms in total. The summed E-state index contributed by atoms with van der Waals surface area (Å²) in [4.78, 5) is 35.6. The van der Waals surface area contributed by atoms with Gasteiger partial charge in [-0.15, -0.1) is 0 Å². The summed E-state index contributed by atoms with van der Waals surface area (Å²) in [6, 6.07) is 3.30. The number of likely N-dealkylation sites (N-methyl/N-ethyl adjacent to an activating group) is 1. The molecule has 28 heavy (non-hydrogen) atoms. The van der Waals surface area contributed by atoms with Gasteiger partial charge in [0.25, 0.3) is 5.91 Å². The standard InChI is InChI=1S/C20H31N5O3/c1-15(2)12-17-14-28-11-10-25(17)20(27)22-16-4-5-21-18(13-16)19(26)24-8-6-23(3)7-9-24/h4-5,13,15,17H,6-12,14H2,1-3H3,(H,21,22,27)/t17-/m0/s1. The van der Waals surface area contributed by atoms with Crippen molar-refractivity contribution in [2.75, 3.05) is 58.3 Å². The first-order valence-corrected chi connectivity index (χ1v) is 10.0. The highest BCUT2D eigenvalue weighted by atomic mass is 16.5. The summed E-state index contributed by atoms with van der Waals surface area (Å²) in [5, 5.41) is 2.93. The summed E-state index contributed by atoms with van der Waals surface area (Å²) < 4.78 is 5.55. The maximum atomic E-state index is 12.8. The van der Waals surface area contributed by atoms with E-state index in [1.807, 2.05) is 9.80 Å². The lowest BCUT2D eigenvalue weighted by atomic mass is 10.0. The van der Waals surface area contributed by atoms with Crippen LogP contribution in [0.1, 0.15) is 30.8 Å². The second-order valence-corrected chi connectivity index (χ2v) is 8.01. The Balaban J connectivity index is 1.65. The van der Waals surface area contributed by atoms with E-state index in [9.17, 15) is 9.59 Å². The number of ether oxygens (including phenoxy) is 1. The van der Waals surface area contributed by atoms with Gasteiger partial charge in [-0.05, 0) is 31.5 Å². The molecule has 2 aliphatic rings. The molecule has 3 rings (SSSR count). The van der Waals surface area contributed by atoms with E-state index in [4.69, 9.17) is 4.74 Å². The normalized spacial score (nSPS) is 21.1. The Kier molecular flexibility index (Phi) is 6.85. The van der Waals surface area contributed by atoms with Gasteiger partial charge in [-0.3, -0.25) is 9.78 Å². The maximum absolute atomic E-state index is 12.8. The molecular formula is C20H31N5O3. The third-order valence-electron chi connectivity index (χ3n) is 5.25. The van der Waals surface area contributed by atoms with Gasteiger partial charge in [0, 0.05) is 44.6 Å². The topological polar surface area (TPSA) is 78.0 Å². The van der Waals surface area contributed by atoms with Crippen LogP contribution in [0.5, 0.6) is 0 Å². The molecule has 0 bridgehead atoms. The van der Waals surface area contributed by atoms with Gasteiger partial charge in [-0.25, -0.2) is 4.79 Å². The van der Waals surface area contributed by atoms with Crippen LogP contribution in [0.3, 0.4) is 0 Å². The van der Waals surface area contributed by atoms with Gasteiger partial charge in [0.2, 0.25) is 0 Å². The molecule has 1 atom stereocenters.